The highest BCUT2D eigenvalue weighted by molar-refractivity contribution is 9.11. The van der Waals surface area contributed by atoms with Gasteiger partial charge in [-0.05, 0) is 212 Å². The molecular weight excluding hydrogens is 1820 g/mol. The predicted molar refractivity (Wildman–Crippen MR) is 497 cm³/mol. The van der Waals surface area contributed by atoms with Crippen LogP contribution in [0.5, 0.6) is 0 Å². The summed E-state index contributed by atoms with van der Waals surface area (Å²) in [7, 11) is 0. The van der Waals surface area contributed by atoms with Crippen molar-refractivity contribution < 1.29 is 44.4 Å². The zero-order chi connectivity index (χ0) is 89.3. The number of hydrogen-bond acceptors (Lipinski definition) is 21. The number of ketones is 1. The number of rotatable bonds is 16. The molecular formula is C95H90Br3N21O9. The van der Waals surface area contributed by atoms with E-state index in [9.17, 15) is 44.4 Å². The molecule has 12 aromatic heterocycles. The summed E-state index contributed by atoms with van der Waals surface area (Å²) < 4.78 is 10.7. The number of carboxylic acid groups (broad SMARTS) is 4. The molecule has 4 aliphatic carbocycles. The molecule has 30 nitrogen and oxygen atoms in total. The Kier molecular flexibility index (Phi) is 25.2. The molecule has 0 saturated heterocycles. The van der Waals surface area contributed by atoms with Gasteiger partial charge in [-0.3, -0.25) is 33.9 Å². The second-order valence-electron chi connectivity index (χ2n) is 33.1. The molecule has 12 N–H and O–H groups in total. The van der Waals surface area contributed by atoms with E-state index in [0.717, 1.165) is 148 Å². The number of aromatic nitrogens is 17. The molecule has 4 aromatic carbocycles. The molecule has 12 heterocycles. The maximum absolute atomic E-state index is 12.5. The topological polar surface area (TPSA) is 448 Å². The van der Waals surface area contributed by atoms with E-state index in [1.807, 2.05) is 116 Å². The maximum Gasteiger partial charge on any atom is 0.306 e. The Morgan fingerprint density at radius 3 is 1.19 bits per heavy atom. The number of nitrogens with two attached hydrogens (primary N) is 4. The molecule has 4 saturated carbocycles. The van der Waals surface area contributed by atoms with Gasteiger partial charge in [0.05, 0.1) is 107 Å². The molecule has 20 rings (SSSR count). The van der Waals surface area contributed by atoms with Crippen LogP contribution < -0.4 is 22.9 Å². The molecule has 4 aliphatic rings. The van der Waals surface area contributed by atoms with Crippen LogP contribution in [0.1, 0.15) is 172 Å². The lowest BCUT2D eigenvalue weighted by Crippen LogP contribution is -2.23. The van der Waals surface area contributed by atoms with E-state index < -0.39 is 23.9 Å². The third-order valence-electron chi connectivity index (χ3n) is 25.2. The first-order valence-corrected chi connectivity index (χ1v) is 44.9. The van der Waals surface area contributed by atoms with Gasteiger partial charge in [0.25, 0.3) is 0 Å². The first-order valence-electron chi connectivity index (χ1n) is 42.5. The Morgan fingerprint density at radius 1 is 0.367 bits per heavy atom. The summed E-state index contributed by atoms with van der Waals surface area (Å²) >= 11 is 10.8. The Morgan fingerprint density at radius 2 is 0.750 bits per heavy atom. The van der Waals surface area contributed by atoms with Crippen molar-refractivity contribution >= 4 is 134 Å². The van der Waals surface area contributed by atoms with Gasteiger partial charge >= 0.3 is 23.9 Å². The number of nitrogens with zero attached hydrogens (tertiary/aromatic N) is 17. The number of carbonyl (C=O) groups is 5. The van der Waals surface area contributed by atoms with Crippen LogP contribution in [0.3, 0.4) is 0 Å². The maximum atomic E-state index is 12.5. The molecule has 0 atom stereocenters. The number of nitrogen functional groups attached to an aromatic ring is 4. The molecule has 0 spiro atoms. The first kappa shape index (κ1) is 86.6. The van der Waals surface area contributed by atoms with Crippen LogP contribution in [-0.4, -0.2) is 133 Å². The third-order valence-corrected chi connectivity index (χ3v) is 27.6. The van der Waals surface area contributed by atoms with Crippen LogP contribution in [0.15, 0.2) is 209 Å². The summed E-state index contributed by atoms with van der Waals surface area (Å²) in [6.07, 6.45) is 29.1. The zero-order valence-electron chi connectivity index (χ0n) is 69.8. The zero-order valence-corrected chi connectivity index (χ0v) is 74.5. The molecule has 0 bridgehead atoms. The quantitative estimate of drug-likeness (QED) is 0.0416. The average Bonchev–Trinajstić information content (AvgIpc) is 1.58. The average molecular weight is 1910 g/mol. The van der Waals surface area contributed by atoms with Crippen LogP contribution >= 0.6 is 47.8 Å². The molecule has 0 unspecified atom stereocenters. The van der Waals surface area contributed by atoms with Crippen molar-refractivity contribution in [2.45, 2.75) is 140 Å². The van der Waals surface area contributed by atoms with E-state index in [1.54, 1.807) is 56.9 Å². The number of aryl methyl sites for hydroxylation is 1. The number of aliphatic carboxylic acids is 4. The highest BCUT2D eigenvalue weighted by Crippen LogP contribution is 2.46. The fraction of sp³-hybridized carbons (Fsp3) is 0.274. The van der Waals surface area contributed by atoms with Crippen molar-refractivity contribution in [3.05, 3.63) is 243 Å². The summed E-state index contributed by atoms with van der Waals surface area (Å²) in [5.74, 6) is -1.41. The number of halogens is 3. The fourth-order valence-corrected chi connectivity index (χ4v) is 19.8. The van der Waals surface area contributed by atoms with Crippen LogP contribution in [0.2, 0.25) is 0 Å². The molecule has 0 aliphatic heterocycles. The van der Waals surface area contributed by atoms with Crippen LogP contribution in [0.4, 0.5) is 23.3 Å². The predicted octanol–water partition coefficient (Wildman–Crippen LogP) is 19.0. The van der Waals surface area contributed by atoms with Gasteiger partial charge < -0.3 is 47.9 Å². The number of pyridine rings is 2. The van der Waals surface area contributed by atoms with E-state index in [4.69, 9.17) is 42.9 Å². The SMILES string of the molecule is CC(=O)c1c(C2CCC(C(=O)O)CC2)nc2c(-c3cnc4ccc(C)cc4c3)cnn2c1N.Nc1c(Br)c(C2CCC(C(=O)O)CC2)nc2c(-c3ccc(-c4ccccc4)cn3)cnn12.Nc1c(Br)c(C2CCC(C(=O)O)CC2)nc2c(-c3ccn(-c4ccccc4)c3)cnn12.Nc1c(Br)c(C2CCC(C(=O)O)CC2)nc2c(-c3cnc(-c4ccccc4)nc3)cnn12. The lowest BCUT2D eigenvalue weighted by atomic mass is 9.79. The molecule has 0 radical (unpaired) electrons. The monoisotopic (exact) mass is 1910 g/mol. The van der Waals surface area contributed by atoms with E-state index in [0.29, 0.717) is 126 Å². The van der Waals surface area contributed by atoms with Gasteiger partial charge in [-0.15, -0.1) is 0 Å². The molecule has 0 amide bonds. The molecule has 4 fully saturated rings. The standard InChI is InChI=1S/C25H25N5O3.C24H22BrN5O2.C23H21BrN6O2.C23H22BrN5O2/c1-13-3-8-20-17(9-13)10-18(11-27-20)19-12-28-30-23(26)21(14(2)31)22(29-24(19)30)15-4-6-16(7-5-15)25(32)33;25-20-21(15-6-8-16(9-7-15)24(31)32)29-23-18(13-28-30(23)22(20)26)19-11-10-17(12-27-19)14-4-2-1-3-5-14;24-18-19(13-6-8-15(9-7-13)23(31)32)29-22-17(12-28-30(22)20(18)25)16-10-26-21(27-11-16)14-4-2-1-3-5-14;24-19-20(14-6-8-15(9-7-14)23(30)31)27-22-18(12-26-29(22)21(19)25)16-10-11-28(13-16)17-4-2-1-3-5-17/h3,8-12,15-16H,4-7,26H2,1-2H3,(H,32,33);1-5,10-13,15-16H,6-9,26H2,(H,31,32);1-5,10-13,15H,6-9,25H2,(H,31,32);1-5,10-15H,6-9,25H2,(H,30,31). The summed E-state index contributed by atoms with van der Waals surface area (Å²) in [5.41, 5.74) is 44.8. The second-order valence-corrected chi connectivity index (χ2v) is 35.5. The van der Waals surface area contributed by atoms with E-state index >= 15 is 0 Å². The van der Waals surface area contributed by atoms with Gasteiger partial charge in [-0.2, -0.15) is 38.5 Å². The van der Waals surface area contributed by atoms with E-state index in [-0.39, 0.29) is 58.9 Å². The first-order chi connectivity index (χ1) is 61.9. The lowest BCUT2D eigenvalue weighted by Gasteiger charge is -2.27. The van der Waals surface area contributed by atoms with Crippen molar-refractivity contribution in [2.75, 3.05) is 22.9 Å². The van der Waals surface area contributed by atoms with Gasteiger partial charge in [0.2, 0.25) is 0 Å². The minimum atomic E-state index is -0.764. The summed E-state index contributed by atoms with van der Waals surface area (Å²) in [6, 6.07) is 44.2. The number of fused-ring (bicyclic) bond motifs is 5. The third kappa shape index (κ3) is 17.6. The minimum Gasteiger partial charge on any atom is -0.481 e. The fourth-order valence-electron chi connectivity index (χ4n) is 18.1. The summed E-state index contributed by atoms with van der Waals surface area (Å²) in [6.45, 7) is 3.52. The number of anilines is 4. The highest BCUT2D eigenvalue weighted by Gasteiger charge is 2.36. The van der Waals surface area contributed by atoms with E-state index in [1.165, 1.54) is 11.4 Å². The van der Waals surface area contributed by atoms with Gasteiger partial charge in [0.15, 0.2) is 34.2 Å². The number of Topliss-reactive ketones (excluding diaryl/α,β-unsaturated/α-hetero) is 1. The van der Waals surface area contributed by atoms with Crippen molar-refractivity contribution in [3.63, 3.8) is 0 Å². The molecule has 33 heteroatoms. The number of carboxylic acids is 4. The Labute approximate surface area is 758 Å². The van der Waals surface area contributed by atoms with Gasteiger partial charge in [0.1, 0.15) is 23.3 Å². The van der Waals surface area contributed by atoms with Crippen molar-refractivity contribution in [3.8, 4) is 72.8 Å². The van der Waals surface area contributed by atoms with Crippen molar-refractivity contribution in [2.24, 2.45) is 23.7 Å². The Bertz CT molecular complexity index is 6670. The van der Waals surface area contributed by atoms with Crippen molar-refractivity contribution in [1.29, 1.82) is 0 Å². The smallest absolute Gasteiger partial charge is 0.306 e. The minimum absolute atomic E-state index is 0.0214. The van der Waals surface area contributed by atoms with Crippen LogP contribution in [0.25, 0.3) is 106 Å². The lowest BCUT2D eigenvalue weighted by molar-refractivity contribution is -0.143. The normalized spacial score (nSPS) is 18.7. The van der Waals surface area contributed by atoms with Gasteiger partial charge in [0, 0.05) is 116 Å². The van der Waals surface area contributed by atoms with Crippen molar-refractivity contribution in [1.82, 2.24) is 82.9 Å². The van der Waals surface area contributed by atoms with Gasteiger partial charge in [-0.1, -0.05) is 96.6 Å². The van der Waals surface area contributed by atoms with Crippen LogP contribution in [0, 0.1) is 30.6 Å². The number of para-hydroxylation sites is 1. The second kappa shape index (κ2) is 37.2. The Hall–Kier alpha value is -13.5. The number of carbonyl (C=O) groups excluding carboxylic acids is 1. The Balaban J connectivity index is 0.000000120. The summed E-state index contributed by atoms with van der Waals surface area (Å²) in [4.78, 5) is 95.8. The van der Waals surface area contributed by atoms with Crippen LogP contribution in [-0.2, 0) is 19.2 Å². The molecule has 128 heavy (non-hydrogen) atoms. The molecule has 16 aromatic rings. The van der Waals surface area contributed by atoms with Gasteiger partial charge in [-0.25, -0.2) is 29.9 Å². The summed E-state index contributed by atoms with van der Waals surface area (Å²) in [5, 5.41) is 56.0. The van der Waals surface area contributed by atoms with E-state index in [2.05, 4.69) is 135 Å². The molecule has 650 valence electrons. The number of hydrogen-bond donors (Lipinski definition) is 8. The highest BCUT2D eigenvalue weighted by atomic mass is 79.9. The largest absolute Gasteiger partial charge is 0.481 e. The number of benzene rings is 4.